The maximum Gasteiger partial charge on any atom is 0.410 e. The number of hydrogen-bond donors (Lipinski definition) is 2. The number of nitrogens with zero attached hydrogens (tertiary/aromatic N) is 1. The predicted octanol–water partition coefficient (Wildman–Crippen LogP) is 1.45. The number of piperidine rings is 1. The van der Waals surface area contributed by atoms with E-state index in [4.69, 9.17) is 9.84 Å². The van der Waals surface area contributed by atoms with Crippen molar-refractivity contribution in [1.82, 2.24) is 10.2 Å². The number of aliphatic carboxylic acids is 1. The van der Waals surface area contributed by atoms with Crippen LogP contribution in [-0.2, 0) is 9.53 Å². The Morgan fingerprint density at radius 3 is 2.68 bits per heavy atom. The minimum atomic E-state index is -0.813. The van der Waals surface area contributed by atoms with Crippen LogP contribution < -0.4 is 5.32 Å². The van der Waals surface area contributed by atoms with Gasteiger partial charge in [-0.1, -0.05) is 0 Å². The lowest BCUT2D eigenvalue weighted by Gasteiger charge is -2.34. The lowest BCUT2D eigenvalue weighted by atomic mass is 10.1. The number of carboxylic acid groups (broad SMARTS) is 1. The number of carbonyl (C=O) groups excluding carboxylic acids is 1. The van der Waals surface area contributed by atoms with Gasteiger partial charge in [0, 0.05) is 25.7 Å². The molecule has 0 aromatic carbocycles. The Kier molecular flexibility index (Phi) is 5.60. The molecule has 110 valence electrons. The molecule has 0 aromatic rings. The van der Waals surface area contributed by atoms with Gasteiger partial charge >= 0.3 is 12.1 Å². The van der Waals surface area contributed by atoms with E-state index in [2.05, 4.69) is 5.32 Å². The fraction of sp³-hybridized carbons (Fsp3) is 0.846. The summed E-state index contributed by atoms with van der Waals surface area (Å²) in [6, 6.07) is 0.153. The molecular formula is C13H24N2O4. The number of hydrogen-bond acceptors (Lipinski definition) is 4. The number of ether oxygens (including phenoxy) is 1. The van der Waals surface area contributed by atoms with E-state index in [0.717, 1.165) is 12.8 Å². The second kappa shape index (κ2) is 6.75. The largest absolute Gasteiger partial charge is 0.481 e. The monoisotopic (exact) mass is 272 g/mol. The summed E-state index contributed by atoms with van der Waals surface area (Å²) in [5, 5.41) is 11.8. The first-order valence-electron chi connectivity index (χ1n) is 6.71. The molecule has 1 aliphatic rings. The number of likely N-dealkylation sites (tertiary alicyclic amines) is 1. The van der Waals surface area contributed by atoms with Gasteiger partial charge in [0.05, 0.1) is 6.42 Å². The van der Waals surface area contributed by atoms with Crippen molar-refractivity contribution in [1.29, 1.82) is 0 Å². The van der Waals surface area contributed by atoms with E-state index in [-0.39, 0.29) is 18.6 Å². The molecule has 0 aromatic heterocycles. The number of carbonyl (C=O) groups is 2. The zero-order valence-electron chi connectivity index (χ0n) is 11.9. The molecule has 0 radical (unpaired) electrons. The summed E-state index contributed by atoms with van der Waals surface area (Å²) < 4.78 is 5.33. The fourth-order valence-electron chi connectivity index (χ4n) is 2.02. The Morgan fingerprint density at radius 1 is 1.42 bits per heavy atom. The zero-order chi connectivity index (χ0) is 14.5. The van der Waals surface area contributed by atoms with Crippen LogP contribution >= 0.6 is 0 Å². The van der Waals surface area contributed by atoms with E-state index in [0.29, 0.717) is 19.6 Å². The molecule has 0 aliphatic carbocycles. The maximum atomic E-state index is 11.9. The molecule has 1 unspecified atom stereocenters. The third kappa shape index (κ3) is 6.42. The summed E-state index contributed by atoms with van der Waals surface area (Å²) in [6.45, 7) is 7.25. The van der Waals surface area contributed by atoms with E-state index in [9.17, 15) is 9.59 Å². The van der Waals surface area contributed by atoms with Crippen LogP contribution in [0.2, 0.25) is 0 Å². The SMILES string of the molecule is CC(C)(C)OC(=O)N1CCCC(NCCC(=O)O)C1. The van der Waals surface area contributed by atoms with Crippen LogP contribution in [0.3, 0.4) is 0 Å². The van der Waals surface area contributed by atoms with E-state index in [1.165, 1.54) is 0 Å². The van der Waals surface area contributed by atoms with E-state index in [1.54, 1.807) is 4.90 Å². The second-order valence-corrected chi connectivity index (χ2v) is 5.86. The first-order chi connectivity index (χ1) is 8.78. The minimum absolute atomic E-state index is 0.100. The van der Waals surface area contributed by atoms with Gasteiger partial charge in [0.25, 0.3) is 0 Å². The number of nitrogens with one attached hydrogen (secondary N) is 1. The normalized spacial score (nSPS) is 20.2. The molecule has 1 rings (SSSR count). The average molecular weight is 272 g/mol. The van der Waals surface area contributed by atoms with Crippen LogP contribution in [0.15, 0.2) is 0 Å². The van der Waals surface area contributed by atoms with Crippen molar-refractivity contribution in [2.24, 2.45) is 0 Å². The zero-order valence-corrected chi connectivity index (χ0v) is 11.9. The van der Waals surface area contributed by atoms with Gasteiger partial charge in [-0.3, -0.25) is 4.79 Å². The lowest BCUT2D eigenvalue weighted by Crippen LogP contribution is -2.49. The summed E-state index contributed by atoms with van der Waals surface area (Å²) in [6.07, 6.45) is 1.67. The third-order valence-electron chi connectivity index (χ3n) is 2.84. The summed E-state index contributed by atoms with van der Waals surface area (Å²) in [4.78, 5) is 24.1. The molecule has 1 heterocycles. The molecule has 1 amide bonds. The van der Waals surface area contributed by atoms with Gasteiger partial charge in [-0.15, -0.1) is 0 Å². The molecule has 0 spiro atoms. The van der Waals surface area contributed by atoms with Crippen LogP contribution in [0, 0.1) is 0 Å². The molecule has 6 nitrogen and oxygen atoms in total. The summed E-state index contributed by atoms with van der Waals surface area (Å²) in [5.74, 6) is -0.813. The van der Waals surface area contributed by atoms with Gasteiger partial charge in [-0.05, 0) is 33.6 Å². The fourth-order valence-corrected chi connectivity index (χ4v) is 2.02. The van der Waals surface area contributed by atoms with Gasteiger partial charge in [-0.2, -0.15) is 0 Å². The van der Waals surface area contributed by atoms with Crippen molar-refractivity contribution in [2.45, 2.75) is 51.7 Å². The van der Waals surface area contributed by atoms with Crippen LogP contribution in [0.5, 0.6) is 0 Å². The highest BCUT2D eigenvalue weighted by molar-refractivity contribution is 5.68. The Hall–Kier alpha value is -1.30. The first kappa shape index (κ1) is 15.8. The van der Waals surface area contributed by atoms with Gasteiger partial charge < -0.3 is 20.1 Å². The smallest absolute Gasteiger partial charge is 0.410 e. The first-order valence-corrected chi connectivity index (χ1v) is 6.71. The summed E-state index contributed by atoms with van der Waals surface area (Å²) >= 11 is 0. The van der Waals surface area contributed by atoms with Crippen molar-refractivity contribution in [3.05, 3.63) is 0 Å². The van der Waals surface area contributed by atoms with Crippen molar-refractivity contribution >= 4 is 12.1 Å². The summed E-state index contributed by atoms with van der Waals surface area (Å²) in [5.41, 5.74) is -0.485. The molecule has 1 saturated heterocycles. The molecule has 6 heteroatoms. The van der Waals surface area contributed by atoms with E-state index < -0.39 is 11.6 Å². The quantitative estimate of drug-likeness (QED) is 0.810. The second-order valence-electron chi connectivity index (χ2n) is 5.86. The predicted molar refractivity (Wildman–Crippen MR) is 71.1 cm³/mol. The van der Waals surface area contributed by atoms with Gasteiger partial charge in [0.15, 0.2) is 0 Å². The Bertz CT molecular complexity index is 325. The van der Waals surface area contributed by atoms with Gasteiger partial charge in [-0.25, -0.2) is 4.79 Å². The molecule has 1 atom stereocenters. The van der Waals surface area contributed by atoms with Gasteiger partial charge in [0.1, 0.15) is 5.60 Å². The molecule has 0 saturated carbocycles. The van der Waals surface area contributed by atoms with Crippen molar-refractivity contribution in [3.8, 4) is 0 Å². The average Bonchev–Trinajstić information content (AvgIpc) is 2.26. The minimum Gasteiger partial charge on any atom is -0.481 e. The van der Waals surface area contributed by atoms with Gasteiger partial charge in [0.2, 0.25) is 0 Å². The number of amides is 1. The van der Waals surface area contributed by atoms with E-state index in [1.807, 2.05) is 20.8 Å². The topological polar surface area (TPSA) is 78.9 Å². The highest BCUT2D eigenvalue weighted by atomic mass is 16.6. The lowest BCUT2D eigenvalue weighted by molar-refractivity contribution is -0.136. The molecule has 2 N–H and O–H groups in total. The van der Waals surface area contributed by atoms with Crippen LogP contribution in [0.25, 0.3) is 0 Å². The van der Waals surface area contributed by atoms with Crippen molar-refractivity contribution < 1.29 is 19.4 Å². The molecule has 0 bridgehead atoms. The standard InChI is InChI=1S/C13H24N2O4/c1-13(2,3)19-12(18)15-8-4-5-10(9-15)14-7-6-11(16)17/h10,14H,4-9H2,1-3H3,(H,16,17). The summed E-state index contributed by atoms with van der Waals surface area (Å²) in [7, 11) is 0. The maximum absolute atomic E-state index is 11.9. The number of rotatable bonds is 4. The van der Waals surface area contributed by atoms with Crippen molar-refractivity contribution in [3.63, 3.8) is 0 Å². The third-order valence-corrected chi connectivity index (χ3v) is 2.84. The molecule has 1 fully saturated rings. The Morgan fingerprint density at radius 2 is 2.11 bits per heavy atom. The van der Waals surface area contributed by atoms with Crippen molar-refractivity contribution in [2.75, 3.05) is 19.6 Å². The van der Waals surface area contributed by atoms with Crippen LogP contribution in [-0.4, -0.2) is 53.3 Å². The highest BCUT2D eigenvalue weighted by Gasteiger charge is 2.27. The van der Waals surface area contributed by atoms with Crippen LogP contribution in [0.4, 0.5) is 4.79 Å². The van der Waals surface area contributed by atoms with E-state index >= 15 is 0 Å². The Balaban J connectivity index is 2.37. The highest BCUT2D eigenvalue weighted by Crippen LogP contribution is 2.15. The molecular weight excluding hydrogens is 248 g/mol. The Labute approximate surface area is 114 Å². The molecule has 1 aliphatic heterocycles. The van der Waals surface area contributed by atoms with Crippen LogP contribution in [0.1, 0.15) is 40.0 Å². The molecule has 19 heavy (non-hydrogen) atoms. The number of carboxylic acids is 1.